The van der Waals surface area contributed by atoms with Gasteiger partial charge in [-0.3, -0.25) is 14.6 Å². The molecule has 4 rings (SSSR count). The van der Waals surface area contributed by atoms with E-state index in [1.165, 1.54) is 35.6 Å². The number of aromatic nitrogens is 2. The van der Waals surface area contributed by atoms with Crippen molar-refractivity contribution in [1.29, 1.82) is 0 Å². The summed E-state index contributed by atoms with van der Waals surface area (Å²) in [6.07, 6.45) is 5.02. The van der Waals surface area contributed by atoms with Crippen LogP contribution in [0.5, 0.6) is 0 Å². The molecule has 0 radical (unpaired) electrons. The minimum Gasteiger partial charge on any atom is -0.348 e. The lowest BCUT2D eigenvalue weighted by atomic mass is 9.98. The van der Waals surface area contributed by atoms with E-state index < -0.39 is 23.8 Å². The monoisotopic (exact) mass is 403 g/mol. The zero-order valence-corrected chi connectivity index (χ0v) is 15.3. The number of piperidine rings is 1. The van der Waals surface area contributed by atoms with Gasteiger partial charge < -0.3 is 10.2 Å². The lowest BCUT2D eigenvalue weighted by Gasteiger charge is -2.32. The number of nitrogens with one attached hydrogen (secondary N) is 1. The van der Waals surface area contributed by atoms with Gasteiger partial charge in [0.2, 0.25) is 0 Å². The lowest BCUT2D eigenvalue weighted by molar-refractivity contribution is -0.120. The number of halogens is 2. The van der Waals surface area contributed by atoms with Gasteiger partial charge in [0.25, 0.3) is 11.8 Å². The molecule has 2 fully saturated rings. The first-order valence-corrected chi connectivity index (χ1v) is 9.00. The highest BCUT2D eigenvalue weighted by Gasteiger charge is 2.48. The number of anilines is 1. The largest absolute Gasteiger partial charge is 0.348 e. The number of carbonyl (C=O) groups excluding carboxylic acids is 3. The molecule has 10 heteroatoms. The molecule has 28 heavy (non-hydrogen) atoms. The molecule has 0 spiro atoms. The summed E-state index contributed by atoms with van der Waals surface area (Å²) in [5.74, 6) is -1.44. The SMILES string of the molecule is O=C(NC1CCN2C(=O)N(c3ccc(F)c(Cl)c3)C(=O)C2C1)c1cnccn1. The topological polar surface area (TPSA) is 95.5 Å². The molecule has 0 bridgehead atoms. The smallest absolute Gasteiger partial charge is 0.332 e. The highest BCUT2D eigenvalue weighted by molar-refractivity contribution is 6.31. The number of imide groups is 1. The van der Waals surface area contributed by atoms with Crippen LogP contribution in [0.1, 0.15) is 23.3 Å². The maximum atomic E-state index is 13.4. The second kappa shape index (κ2) is 7.16. The maximum absolute atomic E-state index is 13.4. The van der Waals surface area contributed by atoms with E-state index in [4.69, 9.17) is 11.6 Å². The van der Waals surface area contributed by atoms with Crippen LogP contribution in [-0.4, -0.2) is 51.3 Å². The van der Waals surface area contributed by atoms with E-state index in [9.17, 15) is 18.8 Å². The van der Waals surface area contributed by atoms with Crippen LogP contribution < -0.4 is 10.2 Å². The Balaban J connectivity index is 1.50. The van der Waals surface area contributed by atoms with Crippen molar-refractivity contribution in [2.24, 2.45) is 0 Å². The highest BCUT2D eigenvalue weighted by atomic mass is 35.5. The maximum Gasteiger partial charge on any atom is 0.332 e. The van der Waals surface area contributed by atoms with Crippen LogP contribution in [0.25, 0.3) is 0 Å². The number of amides is 4. The van der Waals surface area contributed by atoms with E-state index >= 15 is 0 Å². The molecule has 2 aromatic rings. The van der Waals surface area contributed by atoms with Crippen molar-refractivity contribution in [3.8, 4) is 0 Å². The Hall–Kier alpha value is -3.07. The molecular formula is C18H15ClFN5O3. The Morgan fingerprint density at radius 3 is 2.82 bits per heavy atom. The molecule has 2 aliphatic heterocycles. The molecule has 1 aromatic heterocycles. The number of rotatable bonds is 3. The van der Waals surface area contributed by atoms with E-state index in [1.54, 1.807) is 0 Å². The van der Waals surface area contributed by atoms with Crippen LogP contribution >= 0.6 is 11.6 Å². The first-order chi connectivity index (χ1) is 13.5. The van der Waals surface area contributed by atoms with E-state index in [0.29, 0.717) is 13.0 Å². The van der Waals surface area contributed by atoms with Crippen molar-refractivity contribution >= 4 is 35.1 Å². The van der Waals surface area contributed by atoms with Crippen LogP contribution in [0.2, 0.25) is 5.02 Å². The summed E-state index contributed by atoms with van der Waals surface area (Å²) in [6.45, 7) is 0.312. The van der Waals surface area contributed by atoms with Crippen molar-refractivity contribution in [1.82, 2.24) is 20.2 Å². The summed E-state index contributed by atoms with van der Waals surface area (Å²) in [5, 5.41) is 2.66. The van der Waals surface area contributed by atoms with Crippen LogP contribution in [0, 0.1) is 5.82 Å². The summed E-state index contributed by atoms with van der Waals surface area (Å²) in [4.78, 5) is 48.1. The average Bonchev–Trinajstić information content (AvgIpc) is 2.95. The number of urea groups is 1. The summed E-state index contributed by atoms with van der Waals surface area (Å²) in [6, 6.07) is 2.23. The second-order valence-electron chi connectivity index (χ2n) is 6.55. The second-order valence-corrected chi connectivity index (χ2v) is 6.96. The summed E-state index contributed by atoms with van der Waals surface area (Å²) in [7, 11) is 0. The fourth-order valence-electron chi connectivity index (χ4n) is 3.47. The molecule has 8 nitrogen and oxygen atoms in total. The van der Waals surface area contributed by atoms with Gasteiger partial charge in [-0.1, -0.05) is 11.6 Å². The lowest BCUT2D eigenvalue weighted by Crippen LogP contribution is -2.49. The molecule has 1 N–H and O–H groups in total. The van der Waals surface area contributed by atoms with Crippen molar-refractivity contribution < 1.29 is 18.8 Å². The zero-order valence-electron chi connectivity index (χ0n) is 14.5. The molecule has 1 aromatic carbocycles. The van der Waals surface area contributed by atoms with Crippen LogP contribution in [0.4, 0.5) is 14.9 Å². The van der Waals surface area contributed by atoms with Crippen molar-refractivity contribution in [2.45, 2.75) is 24.9 Å². The molecule has 144 valence electrons. The molecule has 2 saturated heterocycles. The van der Waals surface area contributed by atoms with Gasteiger partial charge in [-0.25, -0.2) is 19.1 Å². The Kier molecular flexibility index (Phi) is 4.68. The van der Waals surface area contributed by atoms with Gasteiger partial charge in [-0.2, -0.15) is 0 Å². The van der Waals surface area contributed by atoms with Gasteiger partial charge in [0.15, 0.2) is 0 Å². The average molecular weight is 404 g/mol. The van der Waals surface area contributed by atoms with Gasteiger partial charge in [0.1, 0.15) is 17.6 Å². The standard InChI is InChI=1S/C18H15ClFN5O3/c19-12-8-11(1-2-13(12)20)25-17(27)15-7-10(3-6-24(15)18(25)28)23-16(26)14-9-21-4-5-22-14/h1-2,4-5,8-10,15H,3,6-7H2,(H,23,26). The predicted octanol–water partition coefficient (Wildman–Crippen LogP) is 2.00. The highest BCUT2D eigenvalue weighted by Crippen LogP contribution is 2.32. The first-order valence-electron chi connectivity index (χ1n) is 8.62. The van der Waals surface area contributed by atoms with Crippen molar-refractivity contribution in [2.75, 3.05) is 11.4 Å². The van der Waals surface area contributed by atoms with E-state index in [1.807, 2.05) is 0 Å². The third kappa shape index (κ3) is 3.18. The Labute approximate surface area is 164 Å². The fourth-order valence-corrected chi connectivity index (χ4v) is 3.64. The van der Waals surface area contributed by atoms with Crippen molar-refractivity contribution in [3.63, 3.8) is 0 Å². The molecule has 2 unspecified atom stereocenters. The van der Waals surface area contributed by atoms with Gasteiger partial charge in [-0.15, -0.1) is 0 Å². The zero-order chi connectivity index (χ0) is 19.8. The molecule has 4 amide bonds. The van der Waals surface area contributed by atoms with E-state index in [2.05, 4.69) is 15.3 Å². The minimum atomic E-state index is -0.697. The normalized spacial score (nSPS) is 21.6. The minimum absolute atomic E-state index is 0.169. The Morgan fingerprint density at radius 1 is 1.29 bits per heavy atom. The van der Waals surface area contributed by atoms with Gasteiger partial charge >= 0.3 is 6.03 Å². The van der Waals surface area contributed by atoms with Gasteiger partial charge in [0, 0.05) is 25.0 Å². The van der Waals surface area contributed by atoms with Crippen molar-refractivity contribution in [3.05, 3.63) is 53.3 Å². The fraction of sp³-hybridized carbons (Fsp3) is 0.278. The van der Waals surface area contributed by atoms with Crippen LogP contribution in [-0.2, 0) is 4.79 Å². The number of hydrogen-bond acceptors (Lipinski definition) is 5. The first kappa shape index (κ1) is 18.3. The molecular weight excluding hydrogens is 389 g/mol. The Morgan fingerprint density at radius 2 is 2.11 bits per heavy atom. The van der Waals surface area contributed by atoms with Gasteiger partial charge in [-0.05, 0) is 31.0 Å². The number of benzene rings is 1. The molecule has 0 aliphatic carbocycles. The van der Waals surface area contributed by atoms with E-state index in [0.717, 1.165) is 11.0 Å². The quantitative estimate of drug-likeness (QED) is 0.791. The number of nitrogens with zero attached hydrogens (tertiary/aromatic N) is 4. The van der Waals surface area contributed by atoms with Crippen LogP contribution in [0.3, 0.4) is 0 Å². The number of hydrogen-bond donors (Lipinski definition) is 1. The molecule has 2 aliphatic rings. The Bertz CT molecular complexity index is 957. The summed E-state index contributed by atoms with van der Waals surface area (Å²) in [5.41, 5.74) is 0.400. The third-order valence-electron chi connectivity index (χ3n) is 4.84. The molecule has 0 saturated carbocycles. The number of carbonyl (C=O) groups is 3. The number of fused-ring (bicyclic) bond motifs is 1. The van der Waals surface area contributed by atoms with Gasteiger partial charge in [0.05, 0.1) is 16.9 Å². The summed E-state index contributed by atoms with van der Waals surface area (Å²) >= 11 is 5.78. The molecule has 2 atom stereocenters. The van der Waals surface area contributed by atoms with Crippen LogP contribution in [0.15, 0.2) is 36.8 Å². The van der Waals surface area contributed by atoms with E-state index in [-0.39, 0.29) is 34.8 Å². The predicted molar refractivity (Wildman–Crippen MR) is 97.3 cm³/mol. The third-order valence-corrected chi connectivity index (χ3v) is 5.13. The molecule has 3 heterocycles. The summed E-state index contributed by atoms with van der Waals surface area (Å²) < 4.78 is 13.4.